The summed E-state index contributed by atoms with van der Waals surface area (Å²) in [6, 6.07) is 15.0. The molecule has 1 N–H and O–H groups in total. The number of guanidine groups is 1. The highest BCUT2D eigenvalue weighted by Crippen LogP contribution is 2.17. The molecule has 2 aliphatic rings. The fraction of sp³-hybridized carbons (Fsp3) is 0.478. The molecule has 2 aromatic rings. The second kappa shape index (κ2) is 9.74. The number of pyridine rings is 1. The van der Waals surface area contributed by atoms with Gasteiger partial charge in [0.05, 0.1) is 0 Å². The van der Waals surface area contributed by atoms with Crippen LogP contribution in [0.1, 0.15) is 24.0 Å². The second-order valence-corrected chi connectivity index (χ2v) is 7.87. The van der Waals surface area contributed by atoms with Gasteiger partial charge in [0.2, 0.25) is 0 Å². The Kier molecular flexibility index (Phi) is 6.62. The minimum Gasteiger partial charge on any atom is -0.357 e. The first-order valence-corrected chi connectivity index (χ1v) is 10.7. The third-order valence-electron chi connectivity index (χ3n) is 5.82. The summed E-state index contributed by atoms with van der Waals surface area (Å²) in [5.74, 6) is 2.08. The van der Waals surface area contributed by atoms with Crippen LogP contribution in [0.4, 0.5) is 5.82 Å². The molecule has 0 amide bonds. The van der Waals surface area contributed by atoms with Gasteiger partial charge >= 0.3 is 0 Å². The van der Waals surface area contributed by atoms with E-state index in [9.17, 15) is 0 Å². The van der Waals surface area contributed by atoms with E-state index in [0.717, 1.165) is 64.1 Å². The Morgan fingerprint density at radius 1 is 0.931 bits per heavy atom. The lowest BCUT2D eigenvalue weighted by Gasteiger charge is -2.36. The van der Waals surface area contributed by atoms with Crippen molar-refractivity contribution >= 4 is 11.8 Å². The molecule has 0 bridgehead atoms. The average molecular weight is 393 g/mol. The summed E-state index contributed by atoms with van der Waals surface area (Å²) >= 11 is 0. The fourth-order valence-corrected chi connectivity index (χ4v) is 4.13. The quantitative estimate of drug-likeness (QED) is 0.626. The molecule has 2 aliphatic heterocycles. The topological polar surface area (TPSA) is 47.0 Å². The number of aliphatic imine (C=N–C) groups is 1. The standard InChI is InChI=1S/C23H32N6/c1-24-23(26-18-21-9-10-22(25-17-21)28-11-5-6-12-28)29-15-13-27(14-16-29)19-20-7-3-2-4-8-20/h2-4,7-10,17H,5-6,11-16,18-19H2,1H3,(H,24,26). The summed E-state index contributed by atoms with van der Waals surface area (Å²) in [5, 5.41) is 3.51. The van der Waals surface area contributed by atoms with Crippen molar-refractivity contribution < 1.29 is 0 Å². The third-order valence-corrected chi connectivity index (χ3v) is 5.82. The molecule has 2 saturated heterocycles. The molecule has 0 atom stereocenters. The van der Waals surface area contributed by atoms with Gasteiger partial charge in [-0.2, -0.15) is 0 Å². The van der Waals surface area contributed by atoms with Crippen LogP contribution in [0.25, 0.3) is 0 Å². The summed E-state index contributed by atoms with van der Waals surface area (Å²) in [6.07, 6.45) is 4.55. The zero-order chi connectivity index (χ0) is 19.9. The lowest BCUT2D eigenvalue weighted by atomic mass is 10.2. The Labute approximate surface area is 174 Å². The van der Waals surface area contributed by atoms with Crippen molar-refractivity contribution in [2.24, 2.45) is 4.99 Å². The molecule has 0 unspecified atom stereocenters. The predicted molar refractivity (Wildman–Crippen MR) is 119 cm³/mol. The van der Waals surface area contributed by atoms with Crippen LogP contribution in [0.5, 0.6) is 0 Å². The van der Waals surface area contributed by atoms with Crippen molar-refractivity contribution in [2.75, 3.05) is 51.2 Å². The normalized spacial score (nSPS) is 18.3. The molecule has 0 radical (unpaired) electrons. The van der Waals surface area contributed by atoms with E-state index in [1.54, 1.807) is 0 Å². The zero-order valence-corrected chi connectivity index (χ0v) is 17.4. The number of piperazine rings is 1. The molecule has 6 heteroatoms. The molecule has 2 fully saturated rings. The number of anilines is 1. The van der Waals surface area contributed by atoms with Gasteiger partial charge in [-0.25, -0.2) is 4.98 Å². The number of nitrogens with one attached hydrogen (secondary N) is 1. The van der Waals surface area contributed by atoms with Gasteiger partial charge in [0.1, 0.15) is 5.82 Å². The molecule has 1 aromatic heterocycles. The molecule has 29 heavy (non-hydrogen) atoms. The van der Waals surface area contributed by atoms with Crippen molar-refractivity contribution in [2.45, 2.75) is 25.9 Å². The van der Waals surface area contributed by atoms with Gasteiger partial charge in [0.25, 0.3) is 0 Å². The number of nitrogens with zero attached hydrogens (tertiary/aromatic N) is 5. The van der Waals surface area contributed by atoms with Gasteiger partial charge in [-0.05, 0) is 30.0 Å². The van der Waals surface area contributed by atoms with Gasteiger partial charge in [0, 0.05) is 65.6 Å². The first kappa shape index (κ1) is 19.7. The van der Waals surface area contributed by atoms with Crippen LogP contribution in [0.2, 0.25) is 0 Å². The van der Waals surface area contributed by atoms with Crippen molar-refractivity contribution in [3.8, 4) is 0 Å². The largest absolute Gasteiger partial charge is 0.357 e. The first-order chi connectivity index (χ1) is 14.3. The maximum atomic E-state index is 4.65. The number of aromatic nitrogens is 1. The molecule has 154 valence electrons. The lowest BCUT2D eigenvalue weighted by Crippen LogP contribution is -2.52. The van der Waals surface area contributed by atoms with Crippen LogP contribution in [0.3, 0.4) is 0 Å². The lowest BCUT2D eigenvalue weighted by molar-refractivity contribution is 0.172. The van der Waals surface area contributed by atoms with Crippen LogP contribution >= 0.6 is 0 Å². The second-order valence-electron chi connectivity index (χ2n) is 7.87. The molecule has 3 heterocycles. The number of benzene rings is 1. The highest BCUT2D eigenvalue weighted by atomic mass is 15.3. The highest BCUT2D eigenvalue weighted by molar-refractivity contribution is 5.80. The molecule has 1 aromatic carbocycles. The molecule has 4 rings (SSSR count). The number of hydrogen-bond donors (Lipinski definition) is 1. The smallest absolute Gasteiger partial charge is 0.194 e. The first-order valence-electron chi connectivity index (χ1n) is 10.7. The van der Waals surface area contributed by atoms with E-state index in [-0.39, 0.29) is 0 Å². The number of hydrogen-bond acceptors (Lipinski definition) is 4. The molecule has 6 nitrogen and oxygen atoms in total. The number of rotatable bonds is 5. The molecule has 0 saturated carbocycles. The van der Waals surface area contributed by atoms with E-state index in [0.29, 0.717) is 0 Å². The summed E-state index contributed by atoms with van der Waals surface area (Å²) < 4.78 is 0. The Balaban J connectivity index is 1.24. The van der Waals surface area contributed by atoms with Crippen LogP contribution in [-0.2, 0) is 13.1 Å². The Morgan fingerprint density at radius 3 is 2.34 bits per heavy atom. The van der Waals surface area contributed by atoms with Crippen LogP contribution < -0.4 is 10.2 Å². The van der Waals surface area contributed by atoms with E-state index >= 15 is 0 Å². The summed E-state index contributed by atoms with van der Waals surface area (Å²) in [6.45, 7) is 8.15. The summed E-state index contributed by atoms with van der Waals surface area (Å²) in [7, 11) is 1.87. The van der Waals surface area contributed by atoms with Crippen LogP contribution in [0, 0.1) is 0 Å². The van der Waals surface area contributed by atoms with Crippen molar-refractivity contribution in [3.63, 3.8) is 0 Å². The Bertz CT molecular complexity index is 775. The molecule has 0 aliphatic carbocycles. The molecule has 0 spiro atoms. The van der Waals surface area contributed by atoms with Gasteiger partial charge in [0.15, 0.2) is 5.96 Å². The van der Waals surface area contributed by atoms with Gasteiger partial charge in [-0.15, -0.1) is 0 Å². The zero-order valence-electron chi connectivity index (χ0n) is 17.4. The van der Waals surface area contributed by atoms with E-state index < -0.39 is 0 Å². The van der Waals surface area contributed by atoms with Crippen molar-refractivity contribution in [1.29, 1.82) is 0 Å². The molecular weight excluding hydrogens is 360 g/mol. The van der Waals surface area contributed by atoms with Crippen molar-refractivity contribution in [1.82, 2.24) is 20.1 Å². The molecular formula is C23H32N6. The van der Waals surface area contributed by atoms with Crippen molar-refractivity contribution in [3.05, 3.63) is 59.8 Å². The van der Waals surface area contributed by atoms with E-state index in [1.165, 1.54) is 24.0 Å². The van der Waals surface area contributed by atoms with E-state index in [2.05, 4.69) is 72.5 Å². The highest BCUT2D eigenvalue weighted by Gasteiger charge is 2.19. The van der Waals surface area contributed by atoms with Gasteiger partial charge < -0.3 is 15.1 Å². The van der Waals surface area contributed by atoms with E-state index in [1.807, 2.05) is 13.2 Å². The van der Waals surface area contributed by atoms with Gasteiger partial charge in [-0.3, -0.25) is 9.89 Å². The monoisotopic (exact) mass is 392 g/mol. The fourth-order valence-electron chi connectivity index (χ4n) is 4.13. The van der Waals surface area contributed by atoms with E-state index in [4.69, 9.17) is 0 Å². The SMILES string of the molecule is CN=C(NCc1ccc(N2CCCC2)nc1)N1CCN(Cc2ccccc2)CC1. The predicted octanol–water partition coefficient (Wildman–Crippen LogP) is 2.58. The van der Waals surface area contributed by atoms with Crippen LogP contribution in [0.15, 0.2) is 53.7 Å². The Morgan fingerprint density at radius 2 is 1.69 bits per heavy atom. The van der Waals surface area contributed by atoms with Crippen LogP contribution in [-0.4, -0.2) is 67.1 Å². The minimum atomic E-state index is 0.754. The minimum absolute atomic E-state index is 0.754. The summed E-state index contributed by atoms with van der Waals surface area (Å²) in [4.78, 5) is 16.4. The summed E-state index contributed by atoms with van der Waals surface area (Å²) in [5.41, 5.74) is 2.57. The van der Waals surface area contributed by atoms with Gasteiger partial charge in [-0.1, -0.05) is 36.4 Å². The maximum absolute atomic E-state index is 4.65. The average Bonchev–Trinajstić information content (AvgIpc) is 3.31. The Hall–Kier alpha value is -2.60. The third kappa shape index (κ3) is 5.26. The maximum Gasteiger partial charge on any atom is 0.194 e.